The zero-order chi connectivity index (χ0) is 16.0. The van der Waals surface area contributed by atoms with Gasteiger partial charge >= 0.3 is 12.1 Å². The number of methoxy groups -OCH3 is 1. The smallest absolute Gasteiger partial charge is 0.407 e. The number of hydrogen-bond acceptors (Lipinski definition) is 5. The first kappa shape index (κ1) is 17.8. The van der Waals surface area contributed by atoms with Crippen molar-refractivity contribution in [2.75, 3.05) is 33.8 Å². The largest absolute Gasteiger partial charge is 0.469 e. The van der Waals surface area contributed by atoms with Crippen molar-refractivity contribution < 1.29 is 19.1 Å². The van der Waals surface area contributed by atoms with Gasteiger partial charge in [-0.25, -0.2) is 4.79 Å². The number of rotatable bonds is 3. The minimum absolute atomic E-state index is 0.0786. The molecule has 0 aromatic carbocycles. The molecule has 0 bridgehead atoms. The quantitative estimate of drug-likeness (QED) is 0.803. The van der Waals surface area contributed by atoms with Crippen molar-refractivity contribution in [2.24, 2.45) is 11.8 Å². The molecular formula is C15H28N2O4. The summed E-state index contributed by atoms with van der Waals surface area (Å²) in [5.74, 6) is -0.286. The first-order valence-corrected chi connectivity index (χ1v) is 7.46. The molecule has 2 unspecified atom stereocenters. The van der Waals surface area contributed by atoms with Crippen molar-refractivity contribution in [2.45, 2.75) is 39.2 Å². The molecule has 1 rings (SSSR count). The van der Waals surface area contributed by atoms with Crippen LogP contribution in [0.3, 0.4) is 0 Å². The van der Waals surface area contributed by atoms with Gasteiger partial charge in [-0.3, -0.25) is 4.79 Å². The predicted molar refractivity (Wildman–Crippen MR) is 80.0 cm³/mol. The standard InChI is InChI=1S/C15H28N2O4/c1-15(2,3)21-14(19)16-10-11-6-8-17(4)9-7-12(11)13(18)20-5/h11-12H,6-10H2,1-5H3,(H,16,19). The Morgan fingerprint density at radius 1 is 1.24 bits per heavy atom. The van der Waals surface area contributed by atoms with Crippen LogP contribution in [0.15, 0.2) is 0 Å². The van der Waals surface area contributed by atoms with E-state index in [2.05, 4.69) is 10.2 Å². The molecule has 1 N–H and O–H groups in total. The van der Waals surface area contributed by atoms with Crippen LogP contribution >= 0.6 is 0 Å². The molecular weight excluding hydrogens is 272 g/mol. The second-order valence-electron chi connectivity index (χ2n) is 6.65. The summed E-state index contributed by atoms with van der Waals surface area (Å²) in [6.45, 7) is 7.68. The molecule has 2 atom stereocenters. The summed E-state index contributed by atoms with van der Waals surface area (Å²) in [7, 11) is 3.45. The monoisotopic (exact) mass is 300 g/mol. The number of nitrogens with one attached hydrogen (secondary N) is 1. The molecule has 0 radical (unpaired) electrons. The van der Waals surface area contributed by atoms with E-state index in [9.17, 15) is 9.59 Å². The van der Waals surface area contributed by atoms with Crippen molar-refractivity contribution in [1.82, 2.24) is 10.2 Å². The van der Waals surface area contributed by atoms with E-state index in [0.29, 0.717) is 6.54 Å². The molecule has 6 nitrogen and oxygen atoms in total. The Labute approximate surface area is 127 Å². The third-order valence-corrected chi connectivity index (χ3v) is 3.68. The lowest BCUT2D eigenvalue weighted by atomic mass is 9.88. The lowest BCUT2D eigenvalue weighted by molar-refractivity contribution is -0.147. The molecule has 122 valence electrons. The van der Waals surface area contributed by atoms with Gasteiger partial charge in [0.2, 0.25) is 0 Å². The van der Waals surface area contributed by atoms with E-state index in [1.54, 1.807) is 0 Å². The van der Waals surface area contributed by atoms with Gasteiger partial charge in [0.15, 0.2) is 0 Å². The van der Waals surface area contributed by atoms with E-state index < -0.39 is 11.7 Å². The molecule has 0 aromatic rings. The van der Waals surface area contributed by atoms with Crippen LogP contribution < -0.4 is 5.32 Å². The maximum atomic E-state index is 11.9. The maximum absolute atomic E-state index is 11.9. The number of likely N-dealkylation sites (tertiary alicyclic amines) is 1. The number of nitrogens with zero attached hydrogens (tertiary/aromatic N) is 1. The van der Waals surface area contributed by atoms with Crippen LogP contribution in [0, 0.1) is 11.8 Å². The van der Waals surface area contributed by atoms with Gasteiger partial charge in [0.05, 0.1) is 13.0 Å². The number of ether oxygens (including phenoxy) is 2. The molecule has 0 aromatic heterocycles. The van der Waals surface area contributed by atoms with Crippen molar-refractivity contribution in [1.29, 1.82) is 0 Å². The van der Waals surface area contributed by atoms with Crippen molar-refractivity contribution in [3.8, 4) is 0 Å². The lowest BCUT2D eigenvalue weighted by Gasteiger charge is -2.24. The second-order valence-corrected chi connectivity index (χ2v) is 6.65. The van der Waals surface area contributed by atoms with Crippen LogP contribution in [0.25, 0.3) is 0 Å². The van der Waals surface area contributed by atoms with Gasteiger partial charge in [0.1, 0.15) is 5.60 Å². The van der Waals surface area contributed by atoms with Crippen LogP contribution in [-0.4, -0.2) is 56.4 Å². The third kappa shape index (κ3) is 6.33. The highest BCUT2D eigenvalue weighted by Crippen LogP contribution is 2.24. The molecule has 0 saturated carbocycles. The summed E-state index contributed by atoms with van der Waals surface area (Å²) in [4.78, 5) is 25.9. The minimum atomic E-state index is -0.518. The highest BCUT2D eigenvalue weighted by Gasteiger charge is 2.32. The Morgan fingerprint density at radius 2 is 1.86 bits per heavy atom. The van der Waals surface area contributed by atoms with E-state index in [-0.39, 0.29) is 17.8 Å². The summed E-state index contributed by atoms with van der Waals surface area (Å²) >= 11 is 0. The summed E-state index contributed by atoms with van der Waals surface area (Å²) < 4.78 is 10.1. The number of carbonyl (C=O) groups is 2. The lowest BCUT2D eigenvalue weighted by Crippen LogP contribution is -2.38. The van der Waals surface area contributed by atoms with Gasteiger partial charge in [0, 0.05) is 6.54 Å². The average Bonchev–Trinajstić information content (AvgIpc) is 2.55. The molecule has 1 amide bonds. The Morgan fingerprint density at radius 3 is 2.43 bits per heavy atom. The summed E-state index contributed by atoms with van der Waals surface area (Å²) in [5.41, 5.74) is -0.518. The van der Waals surface area contributed by atoms with Crippen LogP contribution in [0.1, 0.15) is 33.6 Å². The zero-order valence-electron chi connectivity index (χ0n) is 13.8. The highest BCUT2D eigenvalue weighted by molar-refractivity contribution is 5.73. The Bertz CT molecular complexity index is 365. The fourth-order valence-corrected chi connectivity index (χ4v) is 2.53. The Kier molecular flexibility index (Phi) is 6.45. The van der Waals surface area contributed by atoms with Crippen LogP contribution in [-0.2, 0) is 14.3 Å². The molecule has 1 aliphatic heterocycles. The van der Waals surface area contributed by atoms with E-state index >= 15 is 0 Å². The molecule has 6 heteroatoms. The summed E-state index contributed by atoms with van der Waals surface area (Å²) in [6.07, 6.45) is 1.17. The first-order valence-electron chi connectivity index (χ1n) is 7.46. The van der Waals surface area contributed by atoms with E-state index in [0.717, 1.165) is 25.9 Å². The maximum Gasteiger partial charge on any atom is 0.407 e. The number of alkyl carbamates (subject to hydrolysis) is 1. The van der Waals surface area contributed by atoms with Crippen molar-refractivity contribution in [3.05, 3.63) is 0 Å². The number of amides is 1. The van der Waals surface area contributed by atoms with E-state index in [1.807, 2.05) is 27.8 Å². The molecule has 21 heavy (non-hydrogen) atoms. The fraction of sp³-hybridized carbons (Fsp3) is 0.867. The molecule has 1 fully saturated rings. The van der Waals surface area contributed by atoms with Gasteiger partial charge in [-0.05, 0) is 59.7 Å². The van der Waals surface area contributed by atoms with E-state index in [4.69, 9.17) is 9.47 Å². The van der Waals surface area contributed by atoms with E-state index in [1.165, 1.54) is 7.11 Å². The molecule has 0 aliphatic carbocycles. The zero-order valence-corrected chi connectivity index (χ0v) is 13.8. The number of esters is 1. The van der Waals surface area contributed by atoms with Gasteiger partial charge in [-0.15, -0.1) is 0 Å². The van der Waals surface area contributed by atoms with Crippen molar-refractivity contribution >= 4 is 12.1 Å². The summed E-state index contributed by atoms with van der Waals surface area (Å²) in [6, 6.07) is 0. The topological polar surface area (TPSA) is 67.9 Å². The van der Waals surface area contributed by atoms with Gasteiger partial charge in [0.25, 0.3) is 0 Å². The van der Waals surface area contributed by atoms with Crippen molar-refractivity contribution in [3.63, 3.8) is 0 Å². The number of carbonyl (C=O) groups excluding carboxylic acids is 2. The molecule has 1 heterocycles. The predicted octanol–water partition coefficient (Wildman–Crippen LogP) is 1.64. The average molecular weight is 300 g/mol. The van der Waals surface area contributed by atoms with Crippen LogP contribution in [0.2, 0.25) is 0 Å². The number of hydrogen-bond donors (Lipinski definition) is 1. The minimum Gasteiger partial charge on any atom is -0.469 e. The highest BCUT2D eigenvalue weighted by atomic mass is 16.6. The SMILES string of the molecule is COC(=O)C1CCN(C)CCC1CNC(=O)OC(C)(C)C. The summed E-state index contributed by atoms with van der Waals surface area (Å²) in [5, 5.41) is 2.77. The second kappa shape index (κ2) is 7.64. The van der Waals surface area contributed by atoms with Gasteiger partial charge < -0.3 is 19.7 Å². The van der Waals surface area contributed by atoms with Crippen LogP contribution in [0.4, 0.5) is 4.79 Å². The first-order chi connectivity index (χ1) is 9.73. The normalized spacial score (nSPS) is 24.0. The Hall–Kier alpha value is -1.30. The molecule has 0 spiro atoms. The Balaban J connectivity index is 2.59. The van der Waals surface area contributed by atoms with Gasteiger partial charge in [-0.1, -0.05) is 0 Å². The third-order valence-electron chi connectivity index (χ3n) is 3.68. The van der Waals surface area contributed by atoms with Gasteiger partial charge in [-0.2, -0.15) is 0 Å². The molecule has 1 saturated heterocycles. The molecule has 1 aliphatic rings. The fourth-order valence-electron chi connectivity index (χ4n) is 2.53. The van der Waals surface area contributed by atoms with Crippen LogP contribution in [0.5, 0.6) is 0 Å².